The molecule has 2 amide bonds. The summed E-state index contributed by atoms with van der Waals surface area (Å²) in [6.07, 6.45) is 2.69. The van der Waals surface area contributed by atoms with Gasteiger partial charge in [-0.3, -0.25) is 9.59 Å². The van der Waals surface area contributed by atoms with Crippen molar-refractivity contribution in [2.24, 2.45) is 0 Å². The maximum Gasteiger partial charge on any atom is 0.245 e. The lowest BCUT2D eigenvalue weighted by Gasteiger charge is -2.38. The Balaban J connectivity index is 2.05. The average molecular weight is 377 g/mol. The number of nitrogens with one attached hydrogen (secondary N) is 1. The molecular formula is C20H28N2O3S. The lowest BCUT2D eigenvalue weighted by Crippen LogP contribution is -2.55. The number of likely N-dealkylation sites (tertiary alicyclic amines) is 1. The van der Waals surface area contributed by atoms with Crippen LogP contribution in [-0.4, -0.2) is 45.2 Å². The van der Waals surface area contributed by atoms with E-state index in [4.69, 9.17) is 0 Å². The second-order valence-electron chi connectivity index (χ2n) is 7.46. The standard InChI is InChI=1S/C20H28N2O3S/c1-14(23)13-22-19(25)16(10-7-11-20(22,2)3)21-18(24)17(26)12-15-8-5-4-6-9-15/h4-6,8-9,16-17,23,26H,1,7,10-13H2,2-3H3,(H,21,24)/t16-,17-/m0/s1. The molecule has 0 bridgehead atoms. The van der Waals surface area contributed by atoms with Crippen LogP contribution in [0.5, 0.6) is 0 Å². The van der Waals surface area contributed by atoms with Crippen molar-refractivity contribution in [1.82, 2.24) is 10.2 Å². The van der Waals surface area contributed by atoms with Gasteiger partial charge in [0.15, 0.2) is 0 Å². The molecule has 0 aliphatic carbocycles. The van der Waals surface area contributed by atoms with Gasteiger partial charge in [-0.25, -0.2) is 0 Å². The van der Waals surface area contributed by atoms with Crippen LogP contribution in [0.3, 0.4) is 0 Å². The van der Waals surface area contributed by atoms with E-state index in [1.54, 1.807) is 4.90 Å². The van der Waals surface area contributed by atoms with Gasteiger partial charge in [0.05, 0.1) is 11.8 Å². The Hall–Kier alpha value is -1.95. The molecule has 0 aromatic heterocycles. The number of carbonyl (C=O) groups excluding carboxylic acids is 2. The van der Waals surface area contributed by atoms with Crippen molar-refractivity contribution in [2.75, 3.05) is 6.54 Å². The van der Waals surface area contributed by atoms with Gasteiger partial charge in [-0.15, -0.1) is 0 Å². The molecule has 1 heterocycles. The summed E-state index contributed by atoms with van der Waals surface area (Å²) in [6.45, 7) is 7.51. The number of thiol groups is 1. The number of carbonyl (C=O) groups is 2. The van der Waals surface area contributed by atoms with E-state index >= 15 is 0 Å². The summed E-state index contributed by atoms with van der Waals surface area (Å²) >= 11 is 4.41. The molecule has 1 aromatic rings. The predicted octanol–water partition coefficient (Wildman–Crippen LogP) is 2.88. The molecule has 2 atom stereocenters. The van der Waals surface area contributed by atoms with Crippen LogP contribution in [0.1, 0.15) is 38.7 Å². The Bertz CT molecular complexity index is 660. The normalized spacial score (nSPS) is 21.0. The Morgan fingerprint density at radius 2 is 2.08 bits per heavy atom. The first kappa shape index (κ1) is 20.4. The molecule has 1 aromatic carbocycles. The minimum atomic E-state index is -0.603. The SMILES string of the molecule is C=C(O)CN1C(=O)[C@@H](NC(=O)[C@@H](S)Cc2ccccc2)CCCC1(C)C. The highest BCUT2D eigenvalue weighted by atomic mass is 32.1. The first-order valence-electron chi connectivity index (χ1n) is 8.91. The number of amides is 2. The van der Waals surface area contributed by atoms with Gasteiger partial charge in [0.25, 0.3) is 0 Å². The van der Waals surface area contributed by atoms with E-state index in [0.29, 0.717) is 12.8 Å². The minimum Gasteiger partial charge on any atom is -0.511 e. The molecule has 2 N–H and O–H groups in total. The van der Waals surface area contributed by atoms with Crippen LogP contribution in [0.2, 0.25) is 0 Å². The lowest BCUT2D eigenvalue weighted by atomic mass is 9.97. The van der Waals surface area contributed by atoms with Crippen LogP contribution < -0.4 is 5.32 Å². The highest BCUT2D eigenvalue weighted by Crippen LogP contribution is 2.28. The summed E-state index contributed by atoms with van der Waals surface area (Å²) in [5.74, 6) is -0.496. The van der Waals surface area contributed by atoms with E-state index in [1.165, 1.54) is 0 Å². The van der Waals surface area contributed by atoms with Crippen molar-refractivity contribution in [2.45, 2.75) is 56.4 Å². The number of hydrogen-bond donors (Lipinski definition) is 3. The van der Waals surface area contributed by atoms with Crippen LogP contribution in [0.4, 0.5) is 0 Å². The van der Waals surface area contributed by atoms with Gasteiger partial charge in [-0.1, -0.05) is 36.9 Å². The Morgan fingerprint density at radius 1 is 1.42 bits per heavy atom. The summed E-state index contributed by atoms with van der Waals surface area (Å²) in [4.78, 5) is 27.1. The second-order valence-corrected chi connectivity index (χ2v) is 8.09. The quantitative estimate of drug-likeness (QED) is 0.528. The van der Waals surface area contributed by atoms with E-state index in [-0.39, 0.29) is 24.1 Å². The Labute approximate surface area is 160 Å². The third-order valence-electron chi connectivity index (χ3n) is 4.81. The van der Waals surface area contributed by atoms with Crippen molar-refractivity contribution >= 4 is 24.4 Å². The zero-order valence-corrected chi connectivity index (χ0v) is 16.3. The van der Waals surface area contributed by atoms with Crippen molar-refractivity contribution in [3.05, 3.63) is 48.2 Å². The molecule has 26 heavy (non-hydrogen) atoms. The summed E-state index contributed by atoms with van der Waals surface area (Å²) in [5.41, 5.74) is 0.626. The number of nitrogens with zero attached hydrogens (tertiary/aromatic N) is 1. The molecule has 6 heteroatoms. The van der Waals surface area contributed by atoms with Gasteiger partial charge in [0.1, 0.15) is 11.8 Å². The summed E-state index contributed by atoms with van der Waals surface area (Å²) in [5, 5.41) is 11.9. The third kappa shape index (κ3) is 5.27. The first-order valence-corrected chi connectivity index (χ1v) is 9.43. The van der Waals surface area contributed by atoms with E-state index in [9.17, 15) is 14.7 Å². The van der Waals surface area contributed by atoms with Gasteiger partial charge >= 0.3 is 0 Å². The zero-order chi connectivity index (χ0) is 19.3. The average Bonchev–Trinajstić information content (AvgIpc) is 2.67. The molecular weight excluding hydrogens is 348 g/mol. The molecule has 1 fully saturated rings. The van der Waals surface area contributed by atoms with Crippen LogP contribution in [-0.2, 0) is 16.0 Å². The minimum absolute atomic E-state index is 0.0606. The molecule has 2 rings (SSSR count). The number of aliphatic hydroxyl groups is 1. The number of hydrogen-bond acceptors (Lipinski definition) is 4. The molecule has 0 saturated carbocycles. The maximum absolute atomic E-state index is 12.9. The topological polar surface area (TPSA) is 69.6 Å². The maximum atomic E-state index is 12.9. The van der Waals surface area contributed by atoms with Gasteiger partial charge < -0.3 is 15.3 Å². The van der Waals surface area contributed by atoms with Crippen molar-refractivity contribution in [1.29, 1.82) is 0 Å². The van der Waals surface area contributed by atoms with Gasteiger partial charge in [-0.05, 0) is 45.1 Å². The van der Waals surface area contributed by atoms with E-state index < -0.39 is 16.8 Å². The molecule has 0 unspecified atom stereocenters. The van der Waals surface area contributed by atoms with E-state index in [2.05, 4.69) is 24.5 Å². The Morgan fingerprint density at radius 3 is 2.69 bits per heavy atom. The summed E-state index contributed by atoms with van der Waals surface area (Å²) < 4.78 is 0. The summed E-state index contributed by atoms with van der Waals surface area (Å²) in [7, 11) is 0. The second kappa shape index (κ2) is 8.62. The molecule has 0 radical (unpaired) electrons. The Kier molecular flexibility index (Phi) is 6.75. The number of aliphatic hydroxyl groups excluding tert-OH is 1. The number of rotatable bonds is 6. The summed E-state index contributed by atoms with van der Waals surface area (Å²) in [6, 6.07) is 9.06. The lowest BCUT2D eigenvalue weighted by molar-refractivity contribution is -0.140. The first-order chi connectivity index (χ1) is 12.2. The van der Waals surface area contributed by atoms with E-state index in [1.807, 2.05) is 44.2 Å². The highest BCUT2D eigenvalue weighted by molar-refractivity contribution is 7.81. The van der Waals surface area contributed by atoms with Crippen molar-refractivity contribution < 1.29 is 14.7 Å². The number of benzene rings is 1. The molecule has 1 aliphatic heterocycles. The van der Waals surface area contributed by atoms with E-state index in [0.717, 1.165) is 18.4 Å². The van der Waals surface area contributed by atoms with Crippen molar-refractivity contribution in [3.63, 3.8) is 0 Å². The van der Waals surface area contributed by atoms with Gasteiger partial charge in [-0.2, -0.15) is 12.6 Å². The fourth-order valence-electron chi connectivity index (χ4n) is 3.29. The smallest absolute Gasteiger partial charge is 0.245 e. The van der Waals surface area contributed by atoms with Crippen LogP contribution >= 0.6 is 12.6 Å². The monoisotopic (exact) mass is 376 g/mol. The fourth-order valence-corrected chi connectivity index (χ4v) is 3.58. The van der Waals surface area contributed by atoms with Crippen molar-refractivity contribution in [3.8, 4) is 0 Å². The van der Waals surface area contributed by atoms with Gasteiger partial charge in [0.2, 0.25) is 11.8 Å². The molecule has 142 valence electrons. The fraction of sp³-hybridized carbons (Fsp3) is 0.500. The van der Waals surface area contributed by atoms with Crippen LogP contribution in [0.15, 0.2) is 42.7 Å². The molecule has 5 nitrogen and oxygen atoms in total. The largest absolute Gasteiger partial charge is 0.511 e. The predicted molar refractivity (Wildman–Crippen MR) is 106 cm³/mol. The molecule has 0 spiro atoms. The van der Waals surface area contributed by atoms with Crippen LogP contribution in [0.25, 0.3) is 0 Å². The molecule has 1 saturated heterocycles. The zero-order valence-electron chi connectivity index (χ0n) is 15.4. The van der Waals surface area contributed by atoms with Gasteiger partial charge in [0, 0.05) is 5.54 Å². The highest BCUT2D eigenvalue weighted by Gasteiger charge is 2.38. The third-order valence-corrected chi connectivity index (χ3v) is 5.22. The molecule has 1 aliphatic rings. The van der Waals surface area contributed by atoms with Crippen LogP contribution in [0, 0.1) is 0 Å².